The smallest absolute Gasteiger partial charge is 0.256 e. The monoisotopic (exact) mass is 370 g/mol. The third kappa shape index (κ3) is 3.27. The largest absolute Gasteiger partial charge is 0.472 e. The molecule has 0 unspecified atom stereocenters. The minimum absolute atomic E-state index is 0.281. The van der Waals surface area contributed by atoms with E-state index in [2.05, 4.69) is 25.7 Å². The molecular weight excluding hydrogens is 351 g/mol. The number of hydrogen-bond acceptors (Lipinski definition) is 6. The second kappa shape index (κ2) is 6.82. The molecule has 140 valence electrons. The van der Waals surface area contributed by atoms with E-state index >= 15 is 0 Å². The zero-order valence-electron chi connectivity index (χ0n) is 14.9. The Bertz CT molecular complexity index is 1000. The highest BCUT2D eigenvalue weighted by Crippen LogP contribution is 2.28. The number of nitrogens with one attached hydrogen (secondary N) is 2. The Balaban J connectivity index is 1.82. The lowest BCUT2D eigenvalue weighted by Gasteiger charge is -2.22. The molecule has 0 aromatic carbocycles. The van der Waals surface area contributed by atoms with Crippen LogP contribution in [-0.4, -0.2) is 38.1 Å². The third-order valence-corrected chi connectivity index (χ3v) is 4.51. The Labute approximate surface area is 154 Å². The average Bonchev–Trinajstić information content (AvgIpc) is 3.08. The van der Waals surface area contributed by atoms with Crippen LogP contribution in [0.2, 0.25) is 0 Å². The van der Waals surface area contributed by atoms with Crippen LogP contribution < -0.4 is 15.4 Å². The molecule has 0 saturated carbocycles. The maximum atomic E-state index is 13.8. The van der Waals surface area contributed by atoms with Crippen molar-refractivity contribution in [3.63, 3.8) is 0 Å². The first-order valence-corrected chi connectivity index (χ1v) is 8.76. The van der Waals surface area contributed by atoms with Gasteiger partial charge in [-0.25, -0.2) is 18.9 Å². The average molecular weight is 370 g/mol. The summed E-state index contributed by atoms with van der Waals surface area (Å²) in [7, 11) is 0. The summed E-state index contributed by atoms with van der Waals surface area (Å²) in [4.78, 5) is 21.2. The number of hydrogen-bond donors (Lipinski definition) is 2. The van der Waals surface area contributed by atoms with Crippen LogP contribution in [0, 0.1) is 5.82 Å². The molecule has 0 radical (unpaired) electrons. The van der Waals surface area contributed by atoms with Crippen LogP contribution in [-0.2, 0) is 0 Å². The molecule has 2 atom stereocenters. The van der Waals surface area contributed by atoms with Crippen molar-refractivity contribution in [2.45, 2.75) is 32.4 Å². The minimum Gasteiger partial charge on any atom is -0.472 e. The van der Waals surface area contributed by atoms with Gasteiger partial charge in [0.2, 0.25) is 5.88 Å². The van der Waals surface area contributed by atoms with Gasteiger partial charge in [0, 0.05) is 11.8 Å². The zero-order chi connectivity index (χ0) is 19.0. The second-order valence-corrected chi connectivity index (χ2v) is 6.41. The summed E-state index contributed by atoms with van der Waals surface area (Å²) < 4.78 is 21.3. The molecule has 1 amide bonds. The van der Waals surface area contributed by atoms with E-state index in [1.54, 1.807) is 12.3 Å². The van der Waals surface area contributed by atoms with Gasteiger partial charge in [0.15, 0.2) is 5.65 Å². The van der Waals surface area contributed by atoms with Crippen molar-refractivity contribution in [3.05, 3.63) is 47.7 Å². The summed E-state index contributed by atoms with van der Waals surface area (Å²) in [5.41, 5.74) is 1.40. The molecule has 1 aliphatic rings. The van der Waals surface area contributed by atoms with Gasteiger partial charge in [0.25, 0.3) is 5.91 Å². The van der Waals surface area contributed by atoms with Crippen molar-refractivity contribution in [3.8, 4) is 5.88 Å². The third-order valence-electron chi connectivity index (χ3n) is 4.51. The zero-order valence-corrected chi connectivity index (χ0v) is 14.9. The fourth-order valence-electron chi connectivity index (χ4n) is 2.99. The van der Waals surface area contributed by atoms with Crippen LogP contribution in [0.4, 0.5) is 10.2 Å². The lowest BCUT2D eigenvalue weighted by molar-refractivity contribution is 0.0925. The number of nitrogens with zero attached hydrogens (tertiary/aromatic N) is 4. The van der Waals surface area contributed by atoms with E-state index in [0.29, 0.717) is 34.9 Å². The number of anilines is 1. The van der Waals surface area contributed by atoms with Gasteiger partial charge in [-0.3, -0.25) is 4.79 Å². The van der Waals surface area contributed by atoms with E-state index in [-0.39, 0.29) is 24.6 Å². The van der Waals surface area contributed by atoms with Gasteiger partial charge in [0.05, 0.1) is 25.0 Å². The molecule has 27 heavy (non-hydrogen) atoms. The SMILES string of the molecule is CC[C@@H]1CNC(=O)c2cnn3ccc(nc23)N[C@H](C)c2cc(F)cnc2O1. The maximum Gasteiger partial charge on any atom is 0.256 e. The Morgan fingerprint density at radius 2 is 2.26 bits per heavy atom. The standard InChI is InChI=1S/C18H19FN6O2/c1-3-12-8-20-17(26)14-9-22-25-5-4-15(24-16(14)25)23-10(2)13-6-11(19)7-21-18(13)27-12/h4-7,9-10,12H,3,8H2,1-2H3,(H,20,26)(H,23,24)/t10-,12-/m1/s1. The Kier molecular flexibility index (Phi) is 4.35. The van der Waals surface area contributed by atoms with Crippen molar-refractivity contribution in [1.82, 2.24) is 24.9 Å². The maximum absolute atomic E-state index is 13.8. The quantitative estimate of drug-likeness (QED) is 0.683. The van der Waals surface area contributed by atoms with Gasteiger partial charge >= 0.3 is 0 Å². The highest BCUT2D eigenvalue weighted by molar-refractivity contribution is 5.99. The molecule has 0 aliphatic carbocycles. The van der Waals surface area contributed by atoms with Gasteiger partial charge in [-0.1, -0.05) is 6.92 Å². The molecule has 4 heterocycles. The van der Waals surface area contributed by atoms with Gasteiger partial charge < -0.3 is 15.4 Å². The summed E-state index contributed by atoms with van der Waals surface area (Å²) in [6, 6.07) is 2.82. The van der Waals surface area contributed by atoms with Crippen LogP contribution in [0.15, 0.2) is 30.7 Å². The van der Waals surface area contributed by atoms with Crippen LogP contribution in [0.3, 0.4) is 0 Å². The van der Waals surface area contributed by atoms with Gasteiger partial charge in [0.1, 0.15) is 23.3 Å². The molecule has 3 aromatic rings. The normalized spacial score (nSPS) is 19.9. The fraction of sp³-hybridized carbons (Fsp3) is 0.333. The van der Waals surface area contributed by atoms with Crippen molar-refractivity contribution < 1.29 is 13.9 Å². The first-order chi connectivity index (χ1) is 13.0. The predicted molar refractivity (Wildman–Crippen MR) is 96.3 cm³/mol. The lowest BCUT2D eigenvalue weighted by atomic mass is 10.1. The molecular formula is C18H19FN6O2. The van der Waals surface area contributed by atoms with E-state index < -0.39 is 5.82 Å². The van der Waals surface area contributed by atoms with Gasteiger partial charge in [-0.2, -0.15) is 5.10 Å². The first kappa shape index (κ1) is 17.2. The summed E-state index contributed by atoms with van der Waals surface area (Å²) in [5.74, 6) is 0.140. The number of amides is 1. The van der Waals surface area contributed by atoms with Gasteiger partial charge in [-0.15, -0.1) is 0 Å². The molecule has 4 rings (SSSR count). The van der Waals surface area contributed by atoms with Crippen LogP contribution in [0.1, 0.15) is 42.2 Å². The van der Waals surface area contributed by atoms with Gasteiger partial charge in [-0.05, 0) is 25.5 Å². The van der Waals surface area contributed by atoms with E-state index in [1.165, 1.54) is 16.8 Å². The summed E-state index contributed by atoms with van der Waals surface area (Å²) in [6.45, 7) is 4.10. The molecule has 0 saturated heterocycles. The highest BCUT2D eigenvalue weighted by Gasteiger charge is 2.22. The number of carbonyl (C=O) groups excluding carboxylic acids is 1. The van der Waals surface area contributed by atoms with E-state index in [0.717, 1.165) is 6.20 Å². The summed E-state index contributed by atoms with van der Waals surface area (Å²) in [6.07, 6.45) is 4.66. The molecule has 9 heteroatoms. The Morgan fingerprint density at radius 3 is 3.07 bits per heavy atom. The Morgan fingerprint density at radius 1 is 1.41 bits per heavy atom. The number of ether oxygens (including phenoxy) is 1. The van der Waals surface area contributed by atoms with E-state index in [1.807, 2.05) is 13.8 Å². The Hall–Kier alpha value is -3.23. The number of carbonyl (C=O) groups is 1. The van der Waals surface area contributed by atoms with Crippen molar-refractivity contribution >= 4 is 17.4 Å². The first-order valence-electron chi connectivity index (χ1n) is 8.76. The molecule has 2 N–H and O–H groups in total. The molecule has 0 fully saturated rings. The molecule has 8 nitrogen and oxygen atoms in total. The molecule has 2 bridgehead atoms. The van der Waals surface area contributed by atoms with Crippen molar-refractivity contribution in [2.75, 3.05) is 11.9 Å². The lowest BCUT2D eigenvalue weighted by Crippen LogP contribution is -2.35. The van der Waals surface area contributed by atoms with Crippen LogP contribution in [0.25, 0.3) is 5.65 Å². The summed E-state index contributed by atoms with van der Waals surface area (Å²) >= 11 is 0. The van der Waals surface area contributed by atoms with Crippen LogP contribution >= 0.6 is 0 Å². The molecule has 0 spiro atoms. The topological polar surface area (TPSA) is 93.4 Å². The number of halogens is 1. The highest BCUT2D eigenvalue weighted by atomic mass is 19.1. The number of rotatable bonds is 1. The molecule has 3 aromatic heterocycles. The molecule has 1 aliphatic heterocycles. The van der Waals surface area contributed by atoms with Crippen molar-refractivity contribution in [1.29, 1.82) is 0 Å². The number of pyridine rings is 1. The van der Waals surface area contributed by atoms with E-state index in [4.69, 9.17) is 4.74 Å². The van der Waals surface area contributed by atoms with E-state index in [9.17, 15) is 9.18 Å². The number of aromatic nitrogens is 4. The van der Waals surface area contributed by atoms with Crippen molar-refractivity contribution in [2.24, 2.45) is 0 Å². The van der Waals surface area contributed by atoms with Crippen LogP contribution in [0.5, 0.6) is 5.88 Å². The fourth-order valence-corrected chi connectivity index (χ4v) is 2.99. The number of fused-ring (bicyclic) bond motifs is 2. The predicted octanol–water partition coefficient (Wildman–Crippen LogP) is 2.34. The summed E-state index contributed by atoms with van der Waals surface area (Å²) in [5, 5.41) is 10.2. The minimum atomic E-state index is -0.446. The second-order valence-electron chi connectivity index (χ2n) is 6.41.